The van der Waals surface area contributed by atoms with E-state index in [0.717, 1.165) is 25.7 Å². The maximum Gasteiger partial charge on any atom is 0.241 e. The molecule has 0 aromatic rings. The molecule has 1 aliphatic carbocycles. The molecule has 1 saturated heterocycles. The fourth-order valence-corrected chi connectivity index (χ4v) is 3.76. The number of carbonyl (C=O) groups is 1. The highest BCUT2D eigenvalue weighted by Crippen LogP contribution is 2.41. The minimum absolute atomic E-state index is 0.0374. The maximum absolute atomic E-state index is 12.8. The lowest BCUT2D eigenvalue weighted by Gasteiger charge is -2.37. The molecular formula is C15H25N3O2. The van der Waals surface area contributed by atoms with E-state index in [2.05, 4.69) is 13.0 Å². The first-order valence-corrected chi connectivity index (χ1v) is 7.55. The van der Waals surface area contributed by atoms with Crippen LogP contribution in [0, 0.1) is 22.7 Å². The average Bonchev–Trinajstić information content (AvgIpc) is 3.04. The predicted molar refractivity (Wildman–Crippen MR) is 75.5 cm³/mol. The Bertz CT molecular complexity index is 412. The molecule has 5 nitrogen and oxygen atoms in total. The van der Waals surface area contributed by atoms with Gasteiger partial charge >= 0.3 is 0 Å². The van der Waals surface area contributed by atoms with Gasteiger partial charge in [0, 0.05) is 11.5 Å². The Balaban J connectivity index is 2.20. The van der Waals surface area contributed by atoms with Crippen molar-refractivity contribution >= 4 is 5.91 Å². The van der Waals surface area contributed by atoms with Crippen LogP contribution in [0.25, 0.3) is 0 Å². The zero-order valence-electron chi connectivity index (χ0n) is 12.4. The van der Waals surface area contributed by atoms with Crippen LogP contribution in [0.5, 0.6) is 0 Å². The Hall–Kier alpha value is -1.12. The van der Waals surface area contributed by atoms with Gasteiger partial charge in [-0.2, -0.15) is 5.26 Å². The van der Waals surface area contributed by atoms with Gasteiger partial charge < -0.3 is 15.7 Å². The first kappa shape index (κ1) is 15.3. The van der Waals surface area contributed by atoms with Gasteiger partial charge in [-0.25, -0.2) is 0 Å². The second-order valence-electron chi connectivity index (χ2n) is 6.55. The second-order valence-corrected chi connectivity index (χ2v) is 6.55. The summed E-state index contributed by atoms with van der Waals surface area (Å²) < 4.78 is 0. The molecule has 0 radical (unpaired) electrons. The highest BCUT2D eigenvalue weighted by atomic mass is 16.3. The molecule has 0 aromatic heterocycles. The van der Waals surface area contributed by atoms with E-state index in [9.17, 15) is 15.2 Å². The Morgan fingerprint density at radius 1 is 1.50 bits per heavy atom. The highest BCUT2D eigenvalue weighted by molar-refractivity contribution is 5.84. The molecule has 5 heteroatoms. The summed E-state index contributed by atoms with van der Waals surface area (Å²) in [6.07, 6.45) is 4.32. The normalized spacial score (nSPS) is 34.0. The number of likely N-dealkylation sites (tertiary alicyclic amines) is 1. The first-order chi connectivity index (χ1) is 9.46. The summed E-state index contributed by atoms with van der Waals surface area (Å²) in [4.78, 5) is 14.4. The molecule has 1 amide bonds. The van der Waals surface area contributed by atoms with Gasteiger partial charge in [0.25, 0.3) is 0 Å². The Morgan fingerprint density at radius 2 is 2.10 bits per heavy atom. The number of nitriles is 1. The van der Waals surface area contributed by atoms with Crippen molar-refractivity contribution in [2.75, 3.05) is 6.61 Å². The van der Waals surface area contributed by atoms with E-state index in [4.69, 9.17) is 5.73 Å². The number of nitrogens with two attached hydrogens (primary N) is 1. The van der Waals surface area contributed by atoms with Crippen LogP contribution in [-0.2, 0) is 4.79 Å². The van der Waals surface area contributed by atoms with Crippen molar-refractivity contribution in [2.24, 2.45) is 17.1 Å². The number of carbonyl (C=O) groups excluding carboxylic acids is 1. The predicted octanol–water partition coefficient (Wildman–Crippen LogP) is 1.02. The van der Waals surface area contributed by atoms with Gasteiger partial charge in [-0.1, -0.05) is 19.8 Å². The van der Waals surface area contributed by atoms with Crippen molar-refractivity contribution in [1.29, 1.82) is 5.26 Å². The van der Waals surface area contributed by atoms with Gasteiger partial charge in [-0.05, 0) is 32.1 Å². The molecule has 2 rings (SSSR count). The van der Waals surface area contributed by atoms with Crippen LogP contribution in [0.15, 0.2) is 0 Å². The molecule has 0 aromatic carbocycles. The summed E-state index contributed by atoms with van der Waals surface area (Å²) in [5.74, 6) is 0.147. The van der Waals surface area contributed by atoms with Crippen LogP contribution in [0.3, 0.4) is 0 Å². The van der Waals surface area contributed by atoms with Gasteiger partial charge in [0.15, 0.2) is 0 Å². The molecule has 2 aliphatic rings. The fourth-order valence-electron chi connectivity index (χ4n) is 3.76. The molecule has 3 N–H and O–H groups in total. The zero-order chi connectivity index (χ0) is 14.9. The standard InChI is InChI=1S/C15H25N3O2/c1-10-7-12(8-16)18(11(10)2)14(20)13(17)15(9-19)5-3-4-6-15/h10-13,19H,3-7,9,17H2,1-2H3/t10-,11?,12-,13+/m0/s1. The smallest absolute Gasteiger partial charge is 0.241 e. The third-order valence-corrected chi connectivity index (χ3v) is 5.44. The maximum atomic E-state index is 12.8. The molecule has 1 heterocycles. The minimum atomic E-state index is -0.696. The van der Waals surface area contributed by atoms with Crippen molar-refractivity contribution in [3.05, 3.63) is 0 Å². The Kier molecular flexibility index (Phi) is 4.36. The number of aliphatic hydroxyl groups is 1. The lowest BCUT2D eigenvalue weighted by atomic mass is 9.79. The molecule has 0 bridgehead atoms. The quantitative estimate of drug-likeness (QED) is 0.807. The molecule has 112 valence electrons. The lowest BCUT2D eigenvalue weighted by molar-refractivity contribution is -0.138. The number of rotatable bonds is 3. The van der Waals surface area contributed by atoms with Crippen molar-refractivity contribution in [3.63, 3.8) is 0 Å². The van der Waals surface area contributed by atoms with Crippen LogP contribution < -0.4 is 5.73 Å². The topological polar surface area (TPSA) is 90.4 Å². The van der Waals surface area contributed by atoms with Crippen molar-refractivity contribution < 1.29 is 9.90 Å². The third kappa shape index (κ3) is 2.32. The lowest BCUT2D eigenvalue weighted by Crippen LogP contribution is -2.56. The second kappa shape index (κ2) is 5.71. The van der Waals surface area contributed by atoms with Crippen LogP contribution in [0.1, 0.15) is 46.0 Å². The van der Waals surface area contributed by atoms with Gasteiger partial charge in [0.05, 0.1) is 18.7 Å². The van der Waals surface area contributed by atoms with E-state index in [1.807, 2.05) is 6.92 Å². The van der Waals surface area contributed by atoms with Crippen LogP contribution in [-0.4, -0.2) is 40.6 Å². The molecule has 4 atom stereocenters. The Labute approximate surface area is 120 Å². The molecular weight excluding hydrogens is 254 g/mol. The molecule has 0 spiro atoms. The summed E-state index contributed by atoms with van der Waals surface area (Å²) in [5, 5.41) is 19.0. The monoisotopic (exact) mass is 279 g/mol. The van der Waals surface area contributed by atoms with Gasteiger partial charge in [-0.3, -0.25) is 4.79 Å². The summed E-state index contributed by atoms with van der Waals surface area (Å²) in [6.45, 7) is 3.99. The molecule has 1 unspecified atom stereocenters. The number of nitrogens with zero attached hydrogens (tertiary/aromatic N) is 2. The van der Waals surface area contributed by atoms with Crippen LogP contribution in [0.4, 0.5) is 0 Å². The SMILES string of the molecule is CC1[C@@H](C)C[C@@H](C#N)N1C(=O)[C@@H](N)C1(CO)CCCC1. The van der Waals surface area contributed by atoms with E-state index < -0.39 is 11.5 Å². The summed E-state index contributed by atoms with van der Waals surface area (Å²) in [7, 11) is 0. The van der Waals surface area contributed by atoms with Gasteiger partial charge in [0.1, 0.15) is 6.04 Å². The van der Waals surface area contributed by atoms with E-state index >= 15 is 0 Å². The average molecular weight is 279 g/mol. The van der Waals surface area contributed by atoms with E-state index in [0.29, 0.717) is 12.3 Å². The number of amides is 1. The molecule has 1 saturated carbocycles. The van der Waals surface area contributed by atoms with E-state index in [1.54, 1.807) is 4.90 Å². The zero-order valence-corrected chi connectivity index (χ0v) is 12.4. The summed E-state index contributed by atoms with van der Waals surface area (Å²) in [6, 6.07) is 1.18. The largest absolute Gasteiger partial charge is 0.396 e. The summed E-state index contributed by atoms with van der Waals surface area (Å²) in [5.41, 5.74) is 5.73. The summed E-state index contributed by atoms with van der Waals surface area (Å²) >= 11 is 0. The van der Waals surface area contributed by atoms with Crippen LogP contribution in [0.2, 0.25) is 0 Å². The number of aliphatic hydroxyl groups excluding tert-OH is 1. The highest BCUT2D eigenvalue weighted by Gasteiger charge is 2.48. The van der Waals surface area contributed by atoms with Crippen molar-refractivity contribution in [1.82, 2.24) is 4.90 Å². The minimum Gasteiger partial charge on any atom is -0.396 e. The van der Waals surface area contributed by atoms with E-state index in [-0.39, 0.29) is 24.6 Å². The van der Waals surface area contributed by atoms with E-state index in [1.165, 1.54) is 0 Å². The molecule has 20 heavy (non-hydrogen) atoms. The fraction of sp³-hybridized carbons (Fsp3) is 0.867. The van der Waals surface area contributed by atoms with Crippen molar-refractivity contribution in [2.45, 2.75) is 64.1 Å². The third-order valence-electron chi connectivity index (χ3n) is 5.44. The van der Waals surface area contributed by atoms with Gasteiger partial charge in [-0.15, -0.1) is 0 Å². The molecule has 1 aliphatic heterocycles. The number of hydrogen-bond acceptors (Lipinski definition) is 4. The van der Waals surface area contributed by atoms with Crippen LogP contribution >= 0.6 is 0 Å². The van der Waals surface area contributed by atoms with Gasteiger partial charge in [0.2, 0.25) is 5.91 Å². The number of hydrogen-bond donors (Lipinski definition) is 2. The Morgan fingerprint density at radius 3 is 2.60 bits per heavy atom. The molecule has 2 fully saturated rings. The first-order valence-electron chi connectivity index (χ1n) is 7.55. The van der Waals surface area contributed by atoms with Crippen molar-refractivity contribution in [3.8, 4) is 6.07 Å².